The lowest BCUT2D eigenvalue weighted by atomic mass is 10.1. The van der Waals surface area contributed by atoms with E-state index in [-0.39, 0.29) is 17.7 Å². The van der Waals surface area contributed by atoms with Gasteiger partial charge in [0.1, 0.15) is 0 Å². The van der Waals surface area contributed by atoms with E-state index in [1.54, 1.807) is 23.7 Å². The highest BCUT2D eigenvalue weighted by Gasteiger charge is 2.32. The van der Waals surface area contributed by atoms with Crippen LogP contribution >= 0.6 is 11.8 Å². The molecule has 0 aromatic heterocycles. The van der Waals surface area contributed by atoms with Crippen LogP contribution in [-0.2, 0) is 15.3 Å². The number of para-hydroxylation sites is 1. The van der Waals surface area contributed by atoms with E-state index in [1.165, 1.54) is 0 Å². The first kappa shape index (κ1) is 13.9. The number of nitrogens with zero attached hydrogens (tertiary/aromatic N) is 1. The largest absolute Gasteiger partial charge is 0.345 e. The molecule has 1 aromatic rings. The number of carbonyl (C=O) groups is 2. The molecule has 1 aliphatic heterocycles. The van der Waals surface area contributed by atoms with Crippen LogP contribution in [0.25, 0.3) is 0 Å². The monoisotopic (exact) mass is 278 g/mol. The molecule has 0 spiro atoms. The van der Waals surface area contributed by atoms with E-state index in [0.29, 0.717) is 13.0 Å². The summed E-state index contributed by atoms with van der Waals surface area (Å²) in [6, 6.07) is 7.79. The van der Waals surface area contributed by atoms with Gasteiger partial charge in [-0.2, -0.15) is 11.8 Å². The Morgan fingerprint density at radius 3 is 2.84 bits per heavy atom. The summed E-state index contributed by atoms with van der Waals surface area (Å²) in [6.07, 6.45) is 2.34. The minimum atomic E-state index is -0.236. The first-order valence-electron chi connectivity index (χ1n) is 6.23. The van der Waals surface area contributed by atoms with Gasteiger partial charge in [-0.05, 0) is 17.9 Å². The lowest BCUT2D eigenvalue weighted by molar-refractivity contribution is -0.127. The summed E-state index contributed by atoms with van der Waals surface area (Å²) in [6.45, 7) is 0.509. The van der Waals surface area contributed by atoms with Crippen molar-refractivity contribution in [3.63, 3.8) is 0 Å². The van der Waals surface area contributed by atoms with Gasteiger partial charge in [-0.1, -0.05) is 18.2 Å². The molecular formula is C14H18N2O2S. The highest BCUT2D eigenvalue weighted by molar-refractivity contribution is 7.97. The molecule has 102 valence electrons. The van der Waals surface area contributed by atoms with Crippen LogP contribution < -0.4 is 5.32 Å². The number of hydrogen-bond donors (Lipinski definition) is 1. The predicted octanol–water partition coefficient (Wildman–Crippen LogP) is 1.97. The Balaban J connectivity index is 2.05. The van der Waals surface area contributed by atoms with Gasteiger partial charge in [-0.3, -0.25) is 9.59 Å². The Bertz CT molecular complexity index is 490. The number of carbonyl (C=O) groups excluding carboxylic acids is 2. The second-order valence-corrected chi connectivity index (χ2v) is 5.62. The summed E-state index contributed by atoms with van der Waals surface area (Å²) in [4.78, 5) is 25.2. The van der Waals surface area contributed by atoms with Crippen LogP contribution in [-0.4, -0.2) is 36.6 Å². The van der Waals surface area contributed by atoms with E-state index in [2.05, 4.69) is 5.32 Å². The normalized spacial score (nSPS) is 18.7. The maximum Gasteiger partial charge on any atom is 0.229 e. The fraction of sp³-hybridized carbons (Fsp3) is 0.429. The fourth-order valence-electron chi connectivity index (χ4n) is 2.20. The van der Waals surface area contributed by atoms with Crippen LogP contribution in [0.1, 0.15) is 12.0 Å². The number of likely N-dealkylation sites (tertiary alicyclic amines) is 1. The predicted molar refractivity (Wildman–Crippen MR) is 78.0 cm³/mol. The molecule has 0 radical (unpaired) electrons. The first-order valence-corrected chi connectivity index (χ1v) is 7.63. The van der Waals surface area contributed by atoms with Crippen LogP contribution in [0.5, 0.6) is 0 Å². The summed E-state index contributed by atoms with van der Waals surface area (Å²) >= 11 is 1.72. The van der Waals surface area contributed by atoms with Gasteiger partial charge < -0.3 is 10.2 Å². The molecule has 2 amide bonds. The Kier molecular flexibility index (Phi) is 4.47. The van der Waals surface area contributed by atoms with Crippen molar-refractivity contribution in [1.29, 1.82) is 0 Å². The number of amides is 2. The molecule has 4 nitrogen and oxygen atoms in total. The van der Waals surface area contributed by atoms with Crippen molar-refractivity contribution in [2.45, 2.75) is 12.2 Å². The molecule has 0 aliphatic carbocycles. The first-order chi connectivity index (χ1) is 9.11. The van der Waals surface area contributed by atoms with Crippen molar-refractivity contribution in [3.05, 3.63) is 29.8 Å². The number of anilines is 1. The van der Waals surface area contributed by atoms with Crippen LogP contribution in [0.15, 0.2) is 24.3 Å². The van der Waals surface area contributed by atoms with Crippen LogP contribution in [0.2, 0.25) is 0 Å². The summed E-state index contributed by atoms with van der Waals surface area (Å²) in [5.74, 6) is 0.601. The third kappa shape index (κ3) is 3.29. The number of hydrogen-bond acceptors (Lipinski definition) is 3. The van der Waals surface area contributed by atoms with E-state index in [1.807, 2.05) is 30.5 Å². The van der Waals surface area contributed by atoms with Gasteiger partial charge in [0.2, 0.25) is 11.8 Å². The molecule has 1 aromatic carbocycles. The van der Waals surface area contributed by atoms with Crippen molar-refractivity contribution >= 4 is 29.3 Å². The Hall–Kier alpha value is -1.49. The maximum absolute atomic E-state index is 12.2. The van der Waals surface area contributed by atoms with Crippen molar-refractivity contribution < 1.29 is 9.59 Å². The molecule has 19 heavy (non-hydrogen) atoms. The average Bonchev–Trinajstić information content (AvgIpc) is 2.72. The smallest absolute Gasteiger partial charge is 0.229 e. The molecule has 1 heterocycles. The molecule has 2 rings (SSSR count). The third-order valence-electron chi connectivity index (χ3n) is 3.29. The van der Waals surface area contributed by atoms with Crippen LogP contribution in [0.4, 0.5) is 5.69 Å². The van der Waals surface area contributed by atoms with Gasteiger partial charge in [0.25, 0.3) is 0 Å². The number of rotatable bonds is 4. The molecule has 0 saturated carbocycles. The molecule has 1 saturated heterocycles. The van der Waals surface area contributed by atoms with E-state index in [9.17, 15) is 9.59 Å². The zero-order valence-corrected chi connectivity index (χ0v) is 12.0. The molecule has 1 fully saturated rings. The second-order valence-electron chi connectivity index (χ2n) is 4.75. The molecule has 0 unspecified atom stereocenters. The Labute approximate surface area is 117 Å². The Morgan fingerprint density at radius 1 is 1.47 bits per heavy atom. The van der Waals surface area contributed by atoms with Crippen molar-refractivity contribution in [2.24, 2.45) is 5.92 Å². The van der Waals surface area contributed by atoms with Crippen molar-refractivity contribution in [3.8, 4) is 0 Å². The maximum atomic E-state index is 12.2. The highest BCUT2D eigenvalue weighted by Crippen LogP contribution is 2.22. The minimum absolute atomic E-state index is 0.0394. The SMILES string of the molecule is CSCc1ccccc1NC(=O)[C@H]1CC(=O)N(C)C1. The summed E-state index contributed by atoms with van der Waals surface area (Å²) in [7, 11) is 1.73. The topological polar surface area (TPSA) is 49.4 Å². The standard InChI is InChI=1S/C14H18N2O2S/c1-16-8-11(7-13(16)17)14(18)15-12-6-4-3-5-10(12)9-19-2/h3-6,11H,7-9H2,1-2H3,(H,15,18)/t11-/m0/s1. The van der Waals surface area contributed by atoms with E-state index in [4.69, 9.17) is 0 Å². The van der Waals surface area contributed by atoms with E-state index in [0.717, 1.165) is 17.0 Å². The van der Waals surface area contributed by atoms with Crippen molar-refractivity contribution in [1.82, 2.24) is 4.90 Å². The molecule has 1 aliphatic rings. The molecule has 0 bridgehead atoms. The summed E-state index contributed by atoms with van der Waals surface area (Å²) in [5.41, 5.74) is 1.96. The van der Waals surface area contributed by atoms with Gasteiger partial charge >= 0.3 is 0 Å². The molecule has 1 atom stereocenters. The van der Waals surface area contributed by atoms with Gasteiger partial charge in [0.05, 0.1) is 5.92 Å². The zero-order chi connectivity index (χ0) is 13.8. The van der Waals surface area contributed by atoms with Crippen molar-refractivity contribution in [2.75, 3.05) is 25.2 Å². The van der Waals surface area contributed by atoms with E-state index < -0.39 is 0 Å². The fourth-order valence-corrected chi connectivity index (χ4v) is 2.76. The molecule has 5 heteroatoms. The highest BCUT2D eigenvalue weighted by atomic mass is 32.2. The third-order valence-corrected chi connectivity index (χ3v) is 3.89. The van der Waals surface area contributed by atoms with E-state index >= 15 is 0 Å². The minimum Gasteiger partial charge on any atom is -0.345 e. The average molecular weight is 278 g/mol. The lowest BCUT2D eigenvalue weighted by Gasteiger charge is -2.13. The summed E-state index contributed by atoms with van der Waals surface area (Å²) in [5, 5.41) is 2.95. The second kappa shape index (κ2) is 6.10. The van der Waals surface area contributed by atoms with Gasteiger partial charge in [-0.25, -0.2) is 0 Å². The molecular weight excluding hydrogens is 260 g/mol. The van der Waals surface area contributed by atoms with Crippen LogP contribution in [0.3, 0.4) is 0 Å². The van der Waals surface area contributed by atoms with Gasteiger partial charge in [0, 0.05) is 31.5 Å². The number of benzene rings is 1. The van der Waals surface area contributed by atoms with Gasteiger partial charge in [0.15, 0.2) is 0 Å². The molecule has 1 N–H and O–H groups in total. The van der Waals surface area contributed by atoms with Crippen LogP contribution in [0, 0.1) is 5.92 Å². The lowest BCUT2D eigenvalue weighted by Crippen LogP contribution is -2.26. The zero-order valence-electron chi connectivity index (χ0n) is 11.2. The quantitative estimate of drug-likeness (QED) is 0.916. The summed E-state index contributed by atoms with van der Waals surface area (Å²) < 4.78 is 0. The number of thioether (sulfide) groups is 1. The van der Waals surface area contributed by atoms with Gasteiger partial charge in [-0.15, -0.1) is 0 Å². The Morgan fingerprint density at radius 2 is 2.21 bits per heavy atom. The number of nitrogens with one attached hydrogen (secondary N) is 1.